The number of imidazole rings is 1. The third-order valence-electron chi connectivity index (χ3n) is 4.65. The standard InChI is InChI=1S/C23H28N6O.HI/c1-24-23(25-13-12-17-8-7-11-19(14-17)22(30)29(2)3)27-16-21-26-15-20(28-21)18-9-5-4-6-10-18;/h4-11,14-15H,12-13,16H2,1-3H3,(H,26,28)(H2,24,25,27);1H. The van der Waals surface area contributed by atoms with Crippen molar-refractivity contribution in [1.82, 2.24) is 25.5 Å². The first-order chi connectivity index (χ1) is 14.6. The predicted octanol–water partition coefficient (Wildman–Crippen LogP) is 3.30. The molecule has 7 nitrogen and oxygen atoms in total. The maximum absolute atomic E-state index is 12.1. The van der Waals surface area contributed by atoms with Gasteiger partial charge in [-0.2, -0.15) is 0 Å². The number of aromatic amines is 1. The lowest BCUT2D eigenvalue weighted by atomic mass is 10.1. The summed E-state index contributed by atoms with van der Waals surface area (Å²) in [5.41, 5.74) is 3.90. The molecule has 0 aliphatic rings. The van der Waals surface area contributed by atoms with E-state index in [4.69, 9.17) is 0 Å². The number of halogens is 1. The fourth-order valence-electron chi connectivity index (χ4n) is 3.05. The van der Waals surface area contributed by atoms with Crippen LogP contribution >= 0.6 is 24.0 Å². The highest BCUT2D eigenvalue weighted by Crippen LogP contribution is 2.15. The molecule has 8 heteroatoms. The summed E-state index contributed by atoms with van der Waals surface area (Å²) in [7, 11) is 5.26. The van der Waals surface area contributed by atoms with Gasteiger partial charge in [-0.1, -0.05) is 42.5 Å². The Morgan fingerprint density at radius 2 is 1.87 bits per heavy atom. The fourth-order valence-corrected chi connectivity index (χ4v) is 3.05. The number of carbonyl (C=O) groups excluding carboxylic acids is 1. The van der Waals surface area contributed by atoms with Crippen LogP contribution in [0.2, 0.25) is 0 Å². The second-order valence-electron chi connectivity index (χ2n) is 7.11. The van der Waals surface area contributed by atoms with Crippen molar-refractivity contribution in [2.45, 2.75) is 13.0 Å². The molecule has 3 aromatic rings. The normalized spacial score (nSPS) is 10.9. The molecule has 0 unspecified atom stereocenters. The van der Waals surface area contributed by atoms with Crippen molar-refractivity contribution < 1.29 is 4.79 Å². The number of nitrogens with zero attached hydrogens (tertiary/aromatic N) is 3. The third-order valence-corrected chi connectivity index (χ3v) is 4.65. The maximum atomic E-state index is 12.1. The summed E-state index contributed by atoms with van der Waals surface area (Å²) in [5.74, 6) is 1.55. The van der Waals surface area contributed by atoms with E-state index in [1.54, 1.807) is 26.0 Å². The minimum absolute atomic E-state index is 0. The number of guanidine groups is 1. The molecule has 1 aromatic heterocycles. The molecule has 3 N–H and O–H groups in total. The molecule has 0 saturated heterocycles. The minimum atomic E-state index is 0. The lowest BCUT2D eigenvalue weighted by Gasteiger charge is -2.13. The van der Waals surface area contributed by atoms with Crippen molar-refractivity contribution >= 4 is 35.8 Å². The predicted molar refractivity (Wildman–Crippen MR) is 136 cm³/mol. The quantitative estimate of drug-likeness (QED) is 0.248. The summed E-state index contributed by atoms with van der Waals surface area (Å²) in [6.45, 7) is 1.24. The van der Waals surface area contributed by atoms with Crippen LogP contribution in [0.5, 0.6) is 0 Å². The van der Waals surface area contributed by atoms with Crippen LogP contribution in [0, 0.1) is 0 Å². The molecular formula is C23H29IN6O. The Morgan fingerprint density at radius 3 is 2.58 bits per heavy atom. The first-order valence-corrected chi connectivity index (χ1v) is 9.91. The van der Waals surface area contributed by atoms with E-state index in [-0.39, 0.29) is 29.9 Å². The molecule has 0 atom stereocenters. The van der Waals surface area contributed by atoms with Crippen LogP contribution in [0.1, 0.15) is 21.7 Å². The van der Waals surface area contributed by atoms with Gasteiger partial charge in [-0.15, -0.1) is 24.0 Å². The molecule has 31 heavy (non-hydrogen) atoms. The number of H-pyrrole nitrogens is 1. The highest BCUT2D eigenvalue weighted by atomic mass is 127. The highest BCUT2D eigenvalue weighted by molar-refractivity contribution is 14.0. The number of rotatable bonds is 7. The molecule has 0 aliphatic heterocycles. The number of amides is 1. The molecule has 0 bridgehead atoms. The fraction of sp³-hybridized carbons (Fsp3) is 0.261. The monoisotopic (exact) mass is 532 g/mol. The molecule has 1 amide bonds. The van der Waals surface area contributed by atoms with Crippen LogP contribution in [0.4, 0.5) is 0 Å². The van der Waals surface area contributed by atoms with Gasteiger partial charge < -0.3 is 20.5 Å². The number of aromatic nitrogens is 2. The number of aliphatic imine (C=N–C) groups is 1. The molecule has 164 valence electrons. The topological polar surface area (TPSA) is 85.4 Å². The largest absolute Gasteiger partial charge is 0.356 e. The van der Waals surface area contributed by atoms with E-state index in [0.717, 1.165) is 29.1 Å². The van der Waals surface area contributed by atoms with Crippen LogP contribution in [-0.4, -0.2) is 54.4 Å². The summed E-state index contributed by atoms with van der Waals surface area (Å²) in [6, 6.07) is 17.8. The Balaban J connectivity index is 0.00000341. The molecular weight excluding hydrogens is 503 g/mol. The van der Waals surface area contributed by atoms with Crippen molar-refractivity contribution in [3.05, 3.63) is 77.7 Å². The van der Waals surface area contributed by atoms with E-state index in [2.05, 4.69) is 25.6 Å². The Morgan fingerprint density at radius 1 is 1.10 bits per heavy atom. The van der Waals surface area contributed by atoms with E-state index in [0.29, 0.717) is 24.6 Å². The lowest BCUT2D eigenvalue weighted by molar-refractivity contribution is 0.0827. The molecule has 0 spiro atoms. The average Bonchev–Trinajstić information content (AvgIpc) is 3.25. The molecule has 1 heterocycles. The van der Waals surface area contributed by atoms with Gasteiger partial charge in [0.05, 0.1) is 18.4 Å². The number of nitrogens with one attached hydrogen (secondary N) is 3. The number of benzene rings is 2. The highest BCUT2D eigenvalue weighted by Gasteiger charge is 2.08. The summed E-state index contributed by atoms with van der Waals surface area (Å²) in [4.78, 5) is 25.7. The van der Waals surface area contributed by atoms with E-state index < -0.39 is 0 Å². The zero-order chi connectivity index (χ0) is 21.3. The van der Waals surface area contributed by atoms with Crippen molar-refractivity contribution in [3.8, 4) is 11.3 Å². The number of hydrogen-bond donors (Lipinski definition) is 3. The lowest BCUT2D eigenvalue weighted by Crippen LogP contribution is -2.38. The van der Waals surface area contributed by atoms with Crippen LogP contribution in [-0.2, 0) is 13.0 Å². The van der Waals surface area contributed by atoms with Gasteiger partial charge in [-0.25, -0.2) is 4.98 Å². The van der Waals surface area contributed by atoms with E-state index in [1.165, 1.54) is 0 Å². The van der Waals surface area contributed by atoms with Gasteiger partial charge in [0.15, 0.2) is 5.96 Å². The summed E-state index contributed by atoms with van der Waals surface area (Å²) >= 11 is 0. The number of hydrogen-bond acceptors (Lipinski definition) is 3. The summed E-state index contributed by atoms with van der Waals surface area (Å²) in [6.07, 6.45) is 2.62. The summed E-state index contributed by atoms with van der Waals surface area (Å²) < 4.78 is 0. The van der Waals surface area contributed by atoms with Gasteiger partial charge >= 0.3 is 0 Å². The first-order valence-electron chi connectivity index (χ1n) is 9.91. The van der Waals surface area contributed by atoms with Crippen LogP contribution in [0.3, 0.4) is 0 Å². The van der Waals surface area contributed by atoms with Crippen molar-refractivity contribution in [2.75, 3.05) is 27.7 Å². The van der Waals surface area contributed by atoms with Crippen molar-refractivity contribution in [3.63, 3.8) is 0 Å². The first kappa shape index (κ1) is 24.4. The number of carbonyl (C=O) groups is 1. The Labute approximate surface area is 200 Å². The van der Waals surface area contributed by atoms with Crippen LogP contribution < -0.4 is 10.6 Å². The van der Waals surface area contributed by atoms with Crippen LogP contribution in [0.25, 0.3) is 11.3 Å². The smallest absolute Gasteiger partial charge is 0.253 e. The second-order valence-corrected chi connectivity index (χ2v) is 7.11. The van der Waals surface area contributed by atoms with Gasteiger partial charge in [-0.05, 0) is 29.7 Å². The minimum Gasteiger partial charge on any atom is -0.356 e. The van der Waals surface area contributed by atoms with Gasteiger partial charge in [0, 0.05) is 33.3 Å². The molecule has 0 radical (unpaired) electrons. The van der Waals surface area contributed by atoms with Gasteiger partial charge in [0.25, 0.3) is 5.91 Å². The Bertz CT molecular complexity index is 1000. The summed E-state index contributed by atoms with van der Waals surface area (Å²) in [5, 5.41) is 6.57. The Hall–Kier alpha value is -2.88. The average molecular weight is 532 g/mol. The Kier molecular flexibility index (Phi) is 9.51. The van der Waals surface area contributed by atoms with Crippen LogP contribution in [0.15, 0.2) is 65.8 Å². The molecule has 2 aromatic carbocycles. The SMILES string of the molecule is CN=C(NCCc1cccc(C(=O)N(C)C)c1)NCc1ncc(-c2ccccc2)[nH]1.I. The van der Waals surface area contributed by atoms with E-state index >= 15 is 0 Å². The van der Waals surface area contributed by atoms with Crippen molar-refractivity contribution in [1.29, 1.82) is 0 Å². The zero-order valence-corrected chi connectivity index (χ0v) is 20.4. The van der Waals surface area contributed by atoms with E-state index in [9.17, 15) is 4.79 Å². The molecule has 0 saturated carbocycles. The third kappa shape index (κ3) is 7.09. The molecule has 3 rings (SSSR count). The second kappa shape index (κ2) is 12.1. The molecule has 0 aliphatic carbocycles. The molecule has 0 fully saturated rings. The van der Waals surface area contributed by atoms with Gasteiger partial charge in [-0.3, -0.25) is 9.79 Å². The van der Waals surface area contributed by atoms with Gasteiger partial charge in [0.1, 0.15) is 5.82 Å². The maximum Gasteiger partial charge on any atom is 0.253 e. The van der Waals surface area contributed by atoms with E-state index in [1.807, 2.05) is 60.8 Å². The zero-order valence-electron chi connectivity index (χ0n) is 18.1. The van der Waals surface area contributed by atoms with Crippen molar-refractivity contribution in [2.24, 2.45) is 4.99 Å². The van der Waals surface area contributed by atoms with Gasteiger partial charge in [0.2, 0.25) is 0 Å².